The summed E-state index contributed by atoms with van der Waals surface area (Å²) in [5.41, 5.74) is -1.34. The van der Waals surface area contributed by atoms with Crippen molar-refractivity contribution < 1.29 is 19.1 Å². The molecule has 5 rings (SSSR count). The number of allylic oxidation sites excluding steroid dienone is 4. The van der Waals surface area contributed by atoms with Crippen molar-refractivity contribution in [1.82, 2.24) is 5.32 Å². The Morgan fingerprint density at radius 3 is 2.40 bits per heavy atom. The van der Waals surface area contributed by atoms with Crippen molar-refractivity contribution >= 4 is 17.7 Å². The largest absolute Gasteiger partial charge is 0.445 e. The minimum Gasteiger partial charge on any atom is -0.445 e. The average Bonchev–Trinajstić information content (AvgIpc) is 2.87. The Bertz CT molecular complexity index is 1280. The fourth-order valence-electron chi connectivity index (χ4n) is 9.45. The minimum absolute atomic E-state index is 0.00657. The molecule has 0 aromatic carbocycles. The van der Waals surface area contributed by atoms with Gasteiger partial charge in [-0.2, -0.15) is 0 Å². The molecule has 0 bridgehead atoms. The highest BCUT2D eigenvalue weighted by Crippen LogP contribution is 2.74. The first kappa shape index (κ1) is 28.8. The topological polar surface area (TPSA) is 76.8 Å². The number of ketones is 2. The van der Waals surface area contributed by atoms with Crippen molar-refractivity contribution in [3.8, 4) is 0 Å². The zero-order valence-corrected chi connectivity index (χ0v) is 25.3. The zero-order chi connectivity index (χ0) is 29.5. The number of nitrogens with one attached hydrogen (secondary N) is 1. The fraction of sp³-hybridized carbons (Fsp3) is 0.647. The van der Waals surface area contributed by atoms with E-state index in [2.05, 4.69) is 51.4 Å². The molecule has 1 N–H and O–H groups in total. The van der Waals surface area contributed by atoms with Gasteiger partial charge in [-0.3, -0.25) is 4.79 Å². The molecule has 0 heterocycles. The molecule has 3 fully saturated rings. The van der Waals surface area contributed by atoms with Crippen molar-refractivity contribution in [2.45, 2.75) is 99.0 Å². The van der Waals surface area contributed by atoms with Crippen molar-refractivity contribution in [3.05, 3.63) is 59.3 Å². The lowest BCUT2D eigenvalue weighted by atomic mass is 9.35. The summed E-state index contributed by atoms with van der Waals surface area (Å²) >= 11 is 0. The number of hydrogen-bond acceptors (Lipinski definition) is 4. The van der Waals surface area contributed by atoms with Crippen LogP contribution in [-0.4, -0.2) is 29.8 Å². The second kappa shape index (κ2) is 8.91. The van der Waals surface area contributed by atoms with Crippen LogP contribution in [0.2, 0.25) is 0 Å². The molecule has 6 nitrogen and oxygen atoms in total. The van der Waals surface area contributed by atoms with Gasteiger partial charge >= 0.3 is 6.09 Å². The lowest BCUT2D eigenvalue weighted by molar-refractivity contribution is -0.133. The summed E-state index contributed by atoms with van der Waals surface area (Å²) in [6.07, 6.45) is 10.5. The van der Waals surface area contributed by atoms with Gasteiger partial charge < -0.3 is 14.8 Å². The predicted molar refractivity (Wildman–Crippen MR) is 154 cm³/mol. The molecule has 6 heteroatoms. The van der Waals surface area contributed by atoms with Gasteiger partial charge in [0, 0.05) is 16.7 Å². The number of alkyl carbamates (subject to hydrolysis) is 1. The summed E-state index contributed by atoms with van der Waals surface area (Å²) in [6, 6.07) is 0. The molecule has 3 saturated carbocycles. The van der Waals surface area contributed by atoms with E-state index in [-0.39, 0.29) is 40.6 Å². The number of amides is 1. The van der Waals surface area contributed by atoms with Crippen LogP contribution in [0, 0.1) is 51.4 Å². The second-order valence-electron chi connectivity index (χ2n) is 14.9. The molecule has 0 aliphatic heterocycles. The third kappa shape index (κ3) is 3.75. The highest BCUT2D eigenvalue weighted by Gasteiger charge is 2.70. The van der Waals surface area contributed by atoms with Crippen LogP contribution in [0.3, 0.4) is 0 Å². The summed E-state index contributed by atoms with van der Waals surface area (Å²) in [5.74, 6) is 1.87. The smallest absolute Gasteiger partial charge is 0.407 e. The molecular formula is C34H44N2O4. The van der Waals surface area contributed by atoms with Gasteiger partial charge in [0.15, 0.2) is 11.6 Å². The number of hydrogen-bond donors (Lipinski definition) is 1. The molecule has 2 radical (unpaired) electrons. The van der Waals surface area contributed by atoms with Crippen LogP contribution in [0.25, 0.3) is 4.85 Å². The van der Waals surface area contributed by atoms with Crippen molar-refractivity contribution in [2.75, 3.05) is 6.61 Å². The van der Waals surface area contributed by atoms with E-state index in [1.165, 1.54) is 0 Å². The van der Waals surface area contributed by atoms with E-state index in [0.29, 0.717) is 0 Å². The van der Waals surface area contributed by atoms with E-state index in [9.17, 15) is 14.4 Å². The van der Waals surface area contributed by atoms with E-state index in [4.69, 9.17) is 11.3 Å². The van der Waals surface area contributed by atoms with Crippen LogP contribution in [0.4, 0.5) is 4.79 Å². The molecular weight excluding hydrogens is 500 g/mol. The molecule has 0 saturated heterocycles. The maximum absolute atomic E-state index is 14.5. The maximum atomic E-state index is 14.5. The number of nitrogens with zero attached hydrogens (tertiary/aromatic N) is 1. The van der Waals surface area contributed by atoms with Crippen LogP contribution < -0.4 is 5.32 Å². The third-order valence-electron chi connectivity index (χ3n) is 11.9. The lowest BCUT2D eigenvalue weighted by Crippen LogP contribution is -2.68. The molecule has 5 aliphatic carbocycles. The first-order chi connectivity index (χ1) is 18.5. The normalized spacial score (nSPS) is 40.2. The molecule has 40 heavy (non-hydrogen) atoms. The maximum Gasteiger partial charge on any atom is 0.407 e. The summed E-state index contributed by atoms with van der Waals surface area (Å²) < 4.78 is 5.36. The molecule has 5 aliphatic rings. The quantitative estimate of drug-likeness (QED) is 0.303. The standard InChI is InChI=1S/C34H44N2O4/c1-10-17-40-28(39)36-34-15-13-29(2,3)19-21(34)26-23(37)18-25-31(6)20-22(35-9)27(38)30(4,5)24(31)11-12-32(25,7)33(26,8)14-16-34/h10,18,20,24H,1,11-17,19H2,2-8H3,(H,36,39)/t24-,31-,32+,33+,34-/m0/s1. The van der Waals surface area contributed by atoms with E-state index in [1.54, 1.807) is 6.08 Å². The highest BCUT2D eigenvalue weighted by atomic mass is 16.5. The molecule has 0 aromatic rings. The van der Waals surface area contributed by atoms with Crippen molar-refractivity contribution in [1.29, 1.82) is 0 Å². The van der Waals surface area contributed by atoms with Crippen LogP contribution in [-0.2, 0) is 14.3 Å². The van der Waals surface area contributed by atoms with Crippen LogP contribution >= 0.6 is 0 Å². The number of carbonyl (C=O) groups excluding carboxylic acids is 3. The lowest BCUT2D eigenvalue weighted by Gasteiger charge is -2.68. The number of ether oxygens (including phenoxy) is 1. The van der Waals surface area contributed by atoms with Crippen molar-refractivity contribution in [3.63, 3.8) is 0 Å². The van der Waals surface area contributed by atoms with Crippen LogP contribution in [0.1, 0.15) is 93.4 Å². The first-order valence-electron chi connectivity index (χ1n) is 14.7. The Labute approximate surface area is 239 Å². The summed E-state index contributed by atoms with van der Waals surface area (Å²) in [7, 11) is 0. The van der Waals surface area contributed by atoms with E-state index in [1.807, 2.05) is 26.0 Å². The monoisotopic (exact) mass is 544 g/mol. The van der Waals surface area contributed by atoms with Gasteiger partial charge in [-0.15, -0.1) is 0 Å². The van der Waals surface area contributed by atoms with Gasteiger partial charge in [-0.25, -0.2) is 9.64 Å². The highest BCUT2D eigenvalue weighted by molar-refractivity contribution is 6.08. The Morgan fingerprint density at radius 1 is 1.07 bits per heavy atom. The van der Waals surface area contributed by atoms with Gasteiger partial charge in [0.1, 0.15) is 6.61 Å². The van der Waals surface area contributed by atoms with Gasteiger partial charge in [0.25, 0.3) is 0 Å². The molecule has 0 spiro atoms. The summed E-state index contributed by atoms with van der Waals surface area (Å²) in [5, 5.41) is 3.22. The van der Waals surface area contributed by atoms with E-state index < -0.39 is 27.9 Å². The Balaban J connectivity index is 1.64. The number of fused-ring (bicyclic) bond motifs is 7. The molecule has 5 atom stereocenters. The van der Waals surface area contributed by atoms with E-state index >= 15 is 0 Å². The summed E-state index contributed by atoms with van der Waals surface area (Å²) in [6.45, 7) is 26.7. The third-order valence-corrected chi connectivity index (χ3v) is 11.9. The molecule has 0 unspecified atom stereocenters. The molecule has 1 amide bonds. The zero-order valence-electron chi connectivity index (χ0n) is 25.3. The minimum atomic E-state index is -0.681. The van der Waals surface area contributed by atoms with Gasteiger partial charge in [-0.05, 0) is 73.2 Å². The fourth-order valence-corrected chi connectivity index (χ4v) is 9.45. The Kier molecular flexibility index (Phi) is 6.42. The molecule has 0 aromatic heterocycles. The SMILES string of the molecule is [C-]#[N+]C1=C[C@]2(C)C3=CC(=O)[C]4[C]5CC(C)(C)CC[C@]5(NC(=O)OCC=C)CC[C@@]4(C)[C@]3(C)CC[C@H]2C(C)(C)C1=O. The molecule has 214 valence electrons. The Hall–Kier alpha value is -2.68. The number of rotatable bonds is 3. The Morgan fingerprint density at radius 2 is 1.75 bits per heavy atom. The summed E-state index contributed by atoms with van der Waals surface area (Å²) in [4.78, 5) is 44.2. The van der Waals surface area contributed by atoms with Crippen molar-refractivity contribution in [2.24, 2.45) is 33.0 Å². The predicted octanol–water partition coefficient (Wildman–Crippen LogP) is 7.14. The van der Waals surface area contributed by atoms with Gasteiger partial charge in [-0.1, -0.05) is 72.8 Å². The van der Waals surface area contributed by atoms with Crippen LogP contribution in [0.15, 0.2) is 36.1 Å². The first-order valence-corrected chi connectivity index (χ1v) is 14.7. The van der Waals surface area contributed by atoms with Crippen LogP contribution in [0.5, 0.6) is 0 Å². The average molecular weight is 545 g/mol. The van der Waals surface area contributed by atoms with E-state index in [0.717, 1.165) is 62.4 Å². The second-order valence-corrected chi connectivity index (χ2v) is 14.9. The van der Waals surface area contributed by atoms with Gasteiger partial charge in [0.05, 0.1) is 18.0 Å². The number of carbonyl (C=O) groups is 3. The van der Waals surface area contributed by atoms with Gasteiger partial charge in [0.2, 0.25) is 5.70 Å². The number of Topliss-reactive ketones (excluding diaryl/α,β-unsaturated/α-hetero) is 1.